The van der Waals surface area contributed by atoms with Gasteiger partial charge in [0.25, 0.3) is 0 Å². The lowest BCUT2D eigenvalue weighted by atomic mass is 10.1. The van der Waals surface area contributed by atoms with E-state index in [1.165, 1.54) is 4.57 Å². The van der Waals surface area contributed by atoms with Gasteiger partial charge in [-0.2, -0.15) is 0 Å². The zero-order valence-corrected chi connectivity index (χ0v) is 11.2. The molecule has 5 heteroatoms. The van der Waals surface area contributed by atoms with Crippen molar-refractivity contribution in [1.29, 1.82) is 0 Å². The Kier molecular flexibility index (Phi) is 2.67. The number of nitrogens with zero attached hydrogens (tertiary/aromatic N) is 2. The van der Waals surface area contributed by atoms with Crippen LogP contribution in [-0.4, -0.2) is 29.9 Å². The molecular formula is C14H18N2O3. The molecule has 0 spiro atoms. The van der Waals surface area contributed by atoms with Crippen molar-refractivity contribution in [2.45, 2.75) is 12.8 Å². The second kappa shape index (κ2) is 4.13. The molecule has 1 heterocycles. The van der Waals surface area contributed by atoms with Crippen molar-refractivity contribution in [2.75, 3.05) is 25.1 Å². The van der Waals surface area contributed by atoms with Crippen molar-refractivity contribution in [3.8, 4) is 0 Å². The number of aromatic nitrogens is 1. The number of aryl methyl sites for hydroxylation is 1. The van der Waals surface area contributed by atoms with Gasteiger partial charge in [0.15, 0.2) is 5.58 Å². The molecule has 5 nitrogen and oxygen atoms in total. The van der Waals surface area contributed by atoms with Crippen LogP contribution in [0.5, 0.6) is 0 Å². The molecule has 1 saturated carbocycles. The monoisotopic (exact) mass is 262 g/mol. The molecule has 0 atom stereocenters. The van der Waals surface area contributed by atoms with Crippen molar-refractivity contribution in [2.24, 2.45) is 12.5 Å². The fraction of sp³-hybridized carbons (Fsp3) is 0.500. The van der Waals surface area contributed by atoms with E-state index >= 15 is 0 Å². The molecule has 0 saturated heterocycles. The van der Waals surface area contributed by atoms with Crippen LogP contribution in [0.3, 0.4) is 0 Å². The first kappa shape index (κ1) is 12.3. The highest BCUT2D eigenvalue weighted by atomic mass is 16.4. The SMILES string of the molecule is CN(CC1(CO)CC1)c1ccc2oc(=O)n(C)c2c1. The Morgan fingerprint density at radius 3 is 2.84 bits per heavy atom. The summed E-state index contributed by atoms with van der Waals surface area (Å²) in [5.41, 5.74) is 2.51. The van der Waals surface area contributed by atoms with Crippen molar-refractivity contribution in [3.05, 3.63) is 28.7 Å². The van der Waals surface area contributed by atoms with Gasteiger partial charge in [-0.25, -0.2) is 4.79 Å². The first-order chi connectivity index (χ1) is 9.04. The second-order valence-electron chi connectivity index (χ2n) is 5.59. The predicted molar refractivity (Wildman–Crippen MR) is 73.5 cm³/mol. The Bertz CT molecular complexity index is 667. The lowest BCUT2D eigenvalue weighted by Gasteiger charge is -2.24. The highest BCUT2D eigenvalue weighted by molar-refractivity contribution is 5.77. The third kappa shape index (κ3) is 2.04. The molecule has 0 unspecified atom stereocenters. The van der Waals surface area contributed by atoms with Crippen LogP contribution in [0.1, 0.15) is 12.8 Å². The van der Waals surface area contributed by atoms with Gasteiger partial charge >= 0.3 is 5.76 Å². The molecule has 0 bridgehead atoms. The quantitative estimate of drug-likeness (QED) is 0.903. The van der Waals surface area contributed by atoms with E-state index in [-0.39, 0.29) is 17.8 Å². The molecule has 1 fully saturated rings. The van der Waals surface area contributed by atoms with Gasteiger partial charge in [0.2, 0.25) is 0 Å². The number of fused-ring (bicyclic) bond motifs is 1. The normalized spacial score (nSPS) is 16.8. The molecular weight excluding hydrogens is 244 g/mol. The van der Waals surface area contributed by atoms with Crippen molar-refractivity contribution >= 4 is 16.8 Å². The van der Waals surface area contributed by atoms with Crippen LogP contribution in [0, 0.1) is 5.41 Å². The van der Waals surface area contributed by atoms with Gasteiger partial charge in [-0.3, -0.25) is 4.57 Å². The summed E-state index contributed by atoms with van der Waals surface area (Å²) in [6.07, 6.45) is 2.17. The number of aliphatic hydroxyl groups excluding tert-OH is 1. The van der Waals surface area contributed by atoms with E-state index in [0.717, 1.165) is 30.6 Å². The molecule has 0 aliphatic heterocycles. The Morgan fingerprint density at radius 1 is 1.47 bits per heavy atom. The fourth-order valence-corrected chi connectivity index (χ4v) is 2.49. The van der Waals surface area contributed by atoms with Gasteiger partial charge in [-0.1, -0.05) is 0 Å². The van der Waals surface area contributed by atoms with Crippen LogP contribution >= 0.6 is 0 Å². The maximum atomic E-state index is 11.5. The van der Waals surface area contributed by atoms with Crippen LogP contribution in [0.4, 0.5) is 5.69 Å². The minimum absolute atomic E-state index is 0.0754. The molecule has 2 aromatic rings. The second-order valence-corrected chi connectivity index (χ2v) is 5.59. The molecule has 102 valence electrons. The first-order valence-electron chi connectivity index (χ1n) is 6.46. The van der Waals surface area contributed by atoms with Gasteiger partial charge in [-0.15, -0.1) is 0 Å². The van der Waals surface area contributed by atoms with Gasteiger partial charge in [0, 0.05) is 31.7 Å². The third-order valence-electron chi connectivity index (χ3n) is 4.08. The minimum Gasteiger partial charge on any atom is -0.408 e. The topological polar surface area (TPSA) is 58.6 Å². The standard InChI is InChI=1S/C14H18N2O3/c1-15(8-14(9-17)5-6-14)10-3-4-12-11(7-10)16(2)13(18)19-12/h3-4,7,17H,5-6,8-9H2,1-2H3. The van der Waals surface area contributed by atoms with Crippen LogP contribution in [0.2, 0.25) is 0 Å². The summed E-state index contributed by atoms with van der Waals surface area (Å²) in [4.78, 5) is 13.6. The average molecular weight is 262 g/mol. The molecule has 1 aromatic carbocycles. The van der Waals surface area contributed by atoms with E-state index < -0.39 is 0 Å². The summed E-state index contributed by atoms with van der Waals surface area (Å²) in [5, 5.41) is 9.38. The van der Waals surface area contributed by atoms with E-state index in [1.54, 1.807) is 7.05 Å². The van der Waals surface area contributed by atoms with Crippen LogP contribution in [0.25, 0.3) is 11.1 Å². The number of benzene rings is 1. The van der Waals surface area contributed by atoms with Crippen LogP contribution in [-0.2, 0) is 7.05 Å². The number of hydrogen-bond acceptors (Lipinski definition) is 4. The summed E-state index contributed by atoms with van der Waals surface area (Å²) in [6.45, 7) is 1.07. The highest BCUT2D eigenvalue weighted by Gasteiger charge is 2.42. The van der Waals surface area contributed by atoms with Crippen molar-refractivity contribution in [1.82, 2.24) is 4.57 Å². The number of aliphatic hydroxyl groups is 1. The van der Waals surface area contributed by atoms with Gasteiger partial charge in [0.05, 0.1) is 12.1 Å². The molecule has 3 rings (SSSR count). The maximum absolute atomic E-state index is 11.5. The highest BCUT2D eigenvalue weighted by Crippen LogP contribution is 2.46. The summed E-state index contributed by atoms with van der Waals surface area (Å²) in [5.74, 6) is -0.344. The minimum atomic E-state index is -0.344. The summed E-state index contributed by atoms with van der Waals surface area (Å²) in [7, 11) is 3.71. The van der Waals surface area contributed by atoms with Crippen molar-refractivity contribution in [3.63, 3.8) is 0 Å². The zero-order valence-electron chi connectivity index (χ0n) is 11.2. The Balaban J connectivity index is 1.92. The Morgan fingerprint density at radius 2 is 2.21 bits per heavy atom. The summed E-state index contributed by atoms with van der Waals surface area (Å²) >= 11 is 0. The van der Waals surface area contributed by atoms with Gasteiger partial charge < -0.3 is 14.4 Å². The Hall–Kier alpha value is -1.75. The average Bonchev–Trinajstić information content (AvgIpc) is 3.12. The molecule has 1 aliphatic rings. The predicted octanol–water partition coefficient (Wildman–Crippen LogP) is 1.34. The van der Waals surface area contributed by atoms with Crippen LogP contribution < -0.4 is 10.7 Å². The van der Waals surface area contributed by atoms with E-state index in [9.17, 15) is 9.90 Å². The molecule has 0 amide bonds. The molecule has 0 radical (unpaired) electrons. The Labute approximate surface area is 111 Å². The van der Waals surface area contributed by atoms with E-state index in [2.05, 4.69) is 4.90 Å². The number of anilines is 1. The maximum Gasteiger partial charge on any atom is 0.419 e. The smallest absolute Gasteiger partial charge is 0.408 e. The van der Waals surface area contributed by atoms with Crippen molar-refractivity contribution < 1.29 is 9.52 Å². The molecule has 1 N–H and O–H groups in total. The molecule has 1 aromatic heterocycles. The number of hydrogen-bond donors (Lipinski definition) is 1. The summed E-state index contributed by atoms with van der Waals surface area (Å²) in [6, 6.07) is 5.72. The number of rotatable bonds is 4. The number of oxazole rings is 1. The first-order valence-corrected chi connectivity index (χ1v) is 6.46. The zero-order chi connectivity index (χ0) is 13.6. The van der Waals surface area contributed by atoms with Crippen LogP contribution in [0.15, 0.2) is 27.4 Å². The lowest BCUT2D eigenvalue weighted by Crippen LogP contribution is -2.28. The van der Waals surface area contributed by atoms with Gasteiger partial charge in [0.1, 0.15) is 0 Å². The summed E-state index contributed by atoms with van der Waals surface area (Å²) < 4.78 is 6.62. The van der Waals surface area contributed by atoms with Gasteiger partial charge in [-0.05, 0) is 31.0 Å². The van der Waals surface area contributed by atoms with E-state index in [4.69, 9.17) is 4.42 Å². The van der Waals surface area contributed by atoms with E-state index in [0.29, 0.717) is 5.58 Å². The lowest BCUT2D eigenvalue weighted by molar-refractivity contribution is 0.215. The largest absolute Gasteiger partial charge is 0.419 e. The fourth-order valence-electron chi connectivity index (χ4n) is 2.49. The molecule has 1 aliphatic carbocycles. The molecule has 19 heavy (non-hydrogen) atoms. The third-order valence-corrected chi connectivity index (χ3v) is 4.08. The van der Waals surface area contributed by atoms with E-state index in [1.807, 2.05) is 25.2 Å².